The summed E-state index contributed by atoms with van der Waals surface area (Å²) in [5, 5.41) is 7.78. The molecule has 1 aliphatic rings. The molecule has 1 N–H and O–H groups in total. The van der Waals surface area contributed by atoms with Crippen molar-refractivity contribution in [3.05, 3.63) is 54.5 Å². The number of hydrogen-bond donors (Lipinski definition) is 1. The van der Waals surface area contributed by atoms with E-state index in [0.717, 1.165) is 35.6 Å². The van der Waals surface area contributed by atoms with Gasteiger partial charge in [0.05, 0.1) is 11.9 Å². The van der Waals surface area contributed by atoms with Crippen molar-refractivity contribution >= 4 is 11.3 Å². The first-order valence-corrected chi connectivity index (χ1v) is 8.29. The second-order valence-corrected chi connectivity index (χ2v) is 5.87. The van der Waals surface area contributed by atoms with E-state index in [4.69, 9.17) is 0 Å². The second kappa shape index (κ2) is 8.53. The predicted octanol–water partition coefficient (Wildman–Crippen LogP) is 3.85. The van der Waals surface area contributed by atoms with E-state index in [2.05, 4.69) is 52.3 Å². The quantitative estimate of drug-likeness (QED) is 0.809. The number of allylic oxidation sites excluding steroid dienone is 4. The summed E-state index contributed by atoms with van der Waals surface area (Å²) in [6.07, 6.45) is 13.8. The Balaban J connectivity index is 2.34. The number of hydrogen-bond acceptors (Lipinski definition) is 4. The molecule has 1 fully saturated rings. The van der Waals surface area contributed by atoms with Crippen LogP contribution in [0.1, 0.15) is 30.5 Å². The Hall–Kier alpha value is -2.07. The molecule has 0 atom stereocenters. The number of hydrazine groups is 1. The molecule has 23 heavy (non-hydrogen) atoms. The molecule has 2 rings (SSSR count). The summed E-state index contributed by atoms with van der Waals surface area (Å²) in [6.45, 7) is 8.08. The molecule has 0 saturated carbocycles. The Morgan fingerprint density at radius 1 is 1.35 bits per heavy atom. The lowest BCUT2D eigenvalue weighted by Gasteiger charge is -2.34. The predicted molar refractivity (Wildman–Crippen MR) is 99.0 cm³/mol. The molecule has 4 nitrogen and oxygen atoms in total. The summed E-state index contributed by atoms with van der Waals surface area (Å²) in [6, 6.07) is 2.14. The van der Waals surface area contributed by atoms with E-state index in [1.807, 2.05) is 26.2 Å². The molecule has 0 amide bonds. The fourth-order valence-corrected chi connectivity index (χ4v) is 2.81. The van der Waals surface area contributed by atoms with Crippen molar-refractivity contribution in [2.45, 2.75) is 26.2 Å². The van der Waals surface area contributed by atoms with E-state index in [9.17, 15) is 0 Å². The average molecular weight is 312 g/mol. The van der Waals surface area contributed by atoms with Gasteiger partial charge in [0, 0.05) is 50.2 Å². The van der Waals surface area contributed by atoms with Gasteiger partial charge in [-0.05, 0) is 25.8 Å². The molecular weight excluding hydrogens is 284 g/mol. The topological polar surface area (TPSA) is 31.4 Å². The third-order valence-corrected chi connectivity index (χ3v) is 4.20. The highest BCUT2D eigenvalue weighted by Gasteiger charge is 2.14. The zero-order chi connectivity index (χ0) is 16.7. The molecule has 4 heteroatoms. The van der Waals surface area contributed by atoms with Crippen LogP contribution >= 0.6 is 0 Å². The van der Waals surface area contributed by atoms with Crippen molar-refractivity contribution in [2.75, 3.05) is 32.5 Å². The monoisotopic (exact) mass is 312 g/mol. The summed E-state index contributed by atoms with van der Waals surface area (Å²) >= 11 is 0. The van der Waals surface area contributed by atoms with Crippen LogP contribution in [0.25, 0.3) is 5.57 Å². The van der Waals surface area contributed by atoms with Gasteiger partial charge >= 0.3 is 0 Å². The lowest BCUT2D eigenvalue weighted by atomic mass is 10.0. The standard InChI is InChI=1S/C19H28N4/c1-5-6-10-17(15-22(4)23-11-8-7-9-12-23)19-13-18(20-3)14-21-16(19)2/h5-6,10,13-15,20H,1,7-9,11-12H2,2-4H3/b10-6-,17-15+. The van der Waals surface area contributed by atoms with Crippen molar-refractivity contribution in [1.29, 1.82) is 0 Å². The molecule has 1 aromatic rings. The van der Waals surface area contributed by atoms with Crippen molar-refractivity contribution < 1.29 is 0 Å². The first-order valence-electron chi connectivity index (χ1n) is 8.29. The zero-order valence-electron chi connectivity index (χ0n) is 14.5. The SMILES string of the molecule is C=C/C=C\C(=C/N(C)N1CCCCC1)c1cc(NC)cnc1C. The van der Waals surface area contributed by atoms with E-state index in [1.165, 1.54) is 19.3 Å². The third-order valence-electron chi connectivity index (χ3n) is 4.20. The van der Waals surface area contributed by atoms with E-state index in [1.54, 1.807) is 6.08 Å². The van der Waals surface area contributed by atoms with Crippen LogP contribution in [0.5, 0.6) is 0 Å². The van der Waals surface area contributed by atoms with Gasteiger partial charge in [-0.2, -0.15) is 0 Å². The molecule has 0 spiro atoms. The summed E-state index contributed by atoms with van der Waals surface area (Å²) < 4.78 is 0. The molecular formula is C19H28N4. The molecule has 0 unspecified atom stereocenters. The molecule has 2 heterocycles. The molecule has 0 radical (unpaired) electrons. The molecule has 124 valence electrons. The normalized spacial score (nSPS) is 16.6. The van der Waals surface area contributed by atoms with Crippen LogP contribution in [0, 0.1) is 6.92 Å². The van der Waals surface area contributed by atoms with Gasteiger partial charge in [0.15, 0.2) is 0 Å². The minimum Gasteiger partial charge on any atom is -0.387 e. The fraction of sp³-hybridized carbons (Fsp3) is 0.421. The van der Waals surface area contributed by atoms with Gasteiger partial charge in [-0.15, -0.1) is 0 Å². The van der Waals surface area contributed by atoms with Gasteiger partial charge in [-0.3, -0.25) is 4.98 Å². The zero-order valence-corrected chi connectivity index (χ0v) is 14.5. The van der Waals surface area contributed by atoms with Crippen LogP contribution in [0.3, 0.4) is 0 Å². The van der Waals surface area contributed by atoms with Gasteiger partial charge in [0.1, 0.15) is 0 Å². The first-order chi connectivity index (χ1) is 11.2. The Labute approximate surface area is 140 Å². The van der Waals surface area contributed by atoms with Gasteiger partial charge < -0.3 is 10.3 Å². The number of aryl methyl sites for hydroxylation is 1. The number of pyridine rings is 1. The highest BCUT2D eigenvalue weighted by Crippen LogP contribution is 2.23. The number of rotatable bonds is 6. The van der Waals surface area contributed by atoms with E-state index in [-0.39, 0.29) is 0 Å². The molecule has 0 aromatic carbocycles. The van der Waals surface area contributed by atoms with Crippen molar-refractivity contribution in [3.8, 4) is 0 Å². The average Bonchev–Trinajstić information content (AvgIpc) is 2.59. The number of nitrogens with zero attached hydrogens (tertiary/aromatic N) is 3. The van der Waals surface area contributed by atoms with Crippen molar-refractivity contribution in [1.82, 2.24) is 15.0 Å². The Kier molecular flexibility index (Phi) is 6.41. The van der Waals surface area contributed by atoms with Gasteiger partial charge in [-0.1, -0.05) is 31.2 Å². The lowest BCUT2D eigenvalue weighted by molar-refractivity contribution is 0.0279. The number of nitrogens with one attached hydrogen (secondary N) is 1. The van der Waals surface area contributed by atoms with Crippen molar-refractivity contribution in [3.63, 3.8) is 0 Å². The number of aromatic nitrogens is 1. The molecule has 1 aliphatic heterocycles. The van der Waals surface area contributed by atoms with E-state index in [0.29, 0.717) is 0 Å². The van der Waals surface area contributed by atoms with Crippen LogP contribution in [0.15, 0.2) is 43.3 Å². The first kappa shape index (κ1) is 17.3. The Morgan fingerprint density at radius 2 is 2.09 bits per heavy atom. The molecule has 0 aliphatic carbocycles. The summed E-state index contributed by atoms with van der Waals surface area (Å²) in [4.78, 5) is 4.50. The number of anilines is 1. The van der Waals surface area contributed by atoms with E-state index >= 15 is 0 Å². The van der Waals surface area contributed by atoms with Crippen LogP contribution in [0.4, 0.5) is 5.69 Å². The van der Waals surface area contributed by atoms with Gasteiger partial charge in [0.25, 0.3) is 0 Å². The maximum absolute atomic E-state index is 4.50. The van der Waals surface area contributed by atoms with Crippen LogP contribution < -0.4 is 5.32 Å². The van der Waals surface area contributed by atoms with Gasteiger partial charge in [0.2, 0.25) is 0 Å². The van der Waals surface area contributed by atoms with Crippen LogP contribution in [0.2, 0.25) is 0 Å². The highest BCUT2D eigenvalue weighted by molar-refractivity contribution is 5.77. The molecule has 0 bridgehead atoms. The molecule has 1 saturated heterocycles. The second-order valence-electron chi connectivity index (χ2n) is 5.87. The lowest BCUT2D eigenvalue weighted by Crippen LogP contribution is -2.40. The van der Waals surface area contributed by atoms with Gasteiger partial charge in [-0.25, -0.2) is 5.01 Å². The van der Waals surface area contributed by atoms with Crippen LogP contribution in [-0.4, -0.2) is 42.2 Å². The largest absolute Gasteiger partial charge is 0.387 e. The Bertz CT molecular complexity index is 583. The summed E-state index contributed by atoms with van der Waals surface area (Å²) in [5.41, 5.74) is 4.32. The maximum Gasteiger partial charge on any atom is 0.0530 e. The fourth-order valence-electron chi connectivity index (χ4n) is 2.81. The molecule has 1 aromatic heterocycles. The smallest absolute Gasteiger partial charge is 0.0530 e. The summed E-state index contributed by atoms with van der Waals surface area (Å²) in [5.74, 6) is 0. The highest BCUT2D eigenvalue weighted by atomic mass is 15.6. The number of piperidine rings is 1. The third kappa shape index (κ3) is 4.70. The van der Waals surface area contributed by atoms with Crippen molar-refractivity contribution in [2.24, 2.45) is 0 Å². The Morgan fingerprint density at radius 3 is 2.74 bits per heavy atom. The minimum atomic E-state index is 1.02. The summed E-state index contributed by atoms with van der Waals surface area (Å²) in [7, 11) is 4.04. The van der Waals surface area contributed by atoms with E-state index < -0.39 is 0 Å². The van der Waals surface area contributed by atoms with Crippen LogP contribution in [-0.2, 0) is 0 Å². The maximum atomic E-state index is 4.50. The minimum absolute atomic E-state index is 1.02.